The highest BCUT2D eigenvalue weighted by Crippen LogP contribution is 2.34. The van der Waals surface area contributed by atoms with Crippen molar-refractivity contribution in [1.29, 1.82) is 0 Å². The van der Waals surface area contributed by atoms with Gasteiger partial charge in [0.05, 0.1) is 0 Å². The second kappa shape index (κ2) is 8.87. The van der Waals surface area contributed by atoms with Gasteiger partial charge in [-0.05, 0) is 51.8 Å². The highest BCUT2D eigenvalue weighted by atomic mass is 32.3. The van der Waals surface area contributed by atoms with Crippen LogP contribution in [0.25, 0.3) is 0 Å². The Bertz CT molecular complexity index is 1060. The summed E-state index contributed by atoms with van der Waals surface area (Å²) >= 11 is 0. The fourth-order valence-electron chi connectivity index (χ4n) is 3.29. The van der Waals surface area contributed by atoms with Gasteiger partial charge >= 0.3 is 26.8 Å². The number of benzene rings is 1. The first-order valence-electron chi connectivity index (χ1n) is 9.40. The molecule has 9 nitrogen and oxygen atoms in total. The van der Waals surface area contributed by atoms with Crippen LogP contribution in [0.3, 0.4) is 0 Å². The average molecular weight is 485 g/mol. The molecule has 1 aliphatic rings. The normalized spacial score (nSPS) is 16.3. The van der Waals surface area contributed by atoms with Gasteiger partial charge in [-0.25, -0.2) is 4.79 Å². The third kappa shape index (κ3) is 7.01. The second-order valence-corrected chi connectivity index (χ2v) is 10.5. The van der Waals surface area contributed by atoms with Gasteiger partial charge < -0.3 is 13.8 Å². The van der Waals surface area contributed by atoms with E-state index in [0.29, 0.717) is 26.2 Å². The predicted molar refractivity (Wildman–Crippen MR) is 108 cm³/mol. The van der Waals surface area contributed by atoms with Gasteiger partial charge in [0.1, 0.15) is 16.2 Å². The smallest absolute Gasteiger partial charge is 0.444 e. The maximum atomic E-state index is 13.9. The van der Waals surface area contributed by atoms with Gasteiger partial charge in [-0.2, -0.15) is 16.8 Å². The topological polar surface area (TPSA) is 110 Å². The van der Waals surface area contributed by atoms with E-state index in [-0.39, 0.29) is 23.2 Å². The summed E-state index contributed by atoms with van der Waals surface area (Å²) in [5, 5.41) is 0. The molecule has 1 heterocycles. The van der Waals surface area contributed by atoms with Gasteiger partial charge in [0.25, 0.3) is 0 Å². The highest BCUT2D eigenvalue weighted by molar-refractivity contribution is 7.86. The lowest BCUT2D eigenvalue weighted by Gasteiger charge is -2.36. The molecule has 0 aromatic heterocycles. The van der Waals surface area contributed by atoms with E-state index in [1.54, 1.807) is 20.8 Å². The Morgan fingerprint density at radius 1 is 1.03 bits per heavy atom. The summed E-state index contributed by atoms with van der Waals surface area (Å²) in [7, 11) is -10.7. The third-order valence-corrected chi connectivity index (χ3v) is 6.17. The van der Waals surface area contributed by atoms with Gasteiger partial charge in [0.15, 0.2) is 0 Å². The molecule has 2 rings (SSSR count). The van der Waals surface area contributed by atoms with Crippen LogP contribution in [-0.2, 0) is 32.0 Å². The molecule has 0 atom stereocenters. The summed E-state index contributed by atoms with van der Waals surface area (Å²) in [5.41, 5.74) is -0.654. The number of hydrogen-bond donors (Lipinski definition) is 0. The Kier molecular flexibility index (Phi) is 7.23. The zero-order valence-electron chi connectivity index (χ0n) is 17.9. The van der Waals surface area contributed by atoms with Gasteiger partial charge in [0, 0.05) is 38.3 Å². The van der Waals surface area contributed by atoms with Crippen LogP contribution < -0.4 is 4.18 Å². The van der Waals surface area contributed by atoms with E-state index in [0.717, 1.165) is 6.92 Å². The summed E-state index contributed by atoms with van der Waals surface area (Å²) in [6.45, 7) is 9.39. The number of ether oxygens (including phenoxy) is 1. The van der Waals surface area contributed by atoms with Crippen LogP contribution >= 0.6 is 0 Å². The average Bonchev–Trinajstić information content (AvgIpc) is 2.56. The Labute approximate surface area is 181 Å². The van der Waals surface area contributed by atoms with Crippen molar-refractivity contribution in [2.45, 2.75) is 51.7 Å². The number of hydrogen-bond acceptors (Lipinski definition) is 8. The minimum atomic E-state index is -5.45. The number of nitrogens with zero attached hydrogens (tertiary/aromatic N) is 2. The molecule has 0 spiro atoms. The first-order chi connectivity index (χ1) is 14.0. The van der Waals surface area contributed by atoms with Crippen molar-refractivity contribution < 1.29 is 38.3 Å². The van der Waals surface area contributed by atoms with E-state index in [4.69, 9.17) is 4.74 Å². The van der Waals surface area contributed by atoms with Crippen LogP contribution in [0.15, 0.2) is 11.0 Å². The molecule has 0 N–H and O–H groups in total. The summed E-state index contributed by atoms with van der Waals surface area (Å²) in [5.74, 6) is -0.605. The molecular weight excluding hydrogens is 458 g/mol. The predicted octanol–water partition coefficient (Wildman–Crippen LogP) is 2.61. The first-order valence-corrected chi connectivity index (χ1v) is 12.1. The fourth-order valence-corrected chi connectivity index (χ4v) is 4.64. The van der Waals surface area contributed by atoms with Gasteiger partial charge in [-0.3, -0.25) is 4.90 Å². The van der Waals surface area contributed by atoms with E-state index in [2.05, 4.69) is 4.18 Å². The van der Waals surface area contributed by atoms with Crippen molar-refractivity contribution in [3.63, 3.8) is 0 Å². The molecular formula is C18H26F2N2O7S2. The standard InChI is InChI=1S/C18H26F2N2O7S2/c1-12-14(10-15(29-31(20,26)27)13(2)16(12)30(19,24)25)11-21-6-8-22(9-7-21)17(23)28-18(3,4)5/h10H,6-9,11H2,1-5H3. The number of halogens is 2. The summed E-state index contributed by atoms with van der Waals surface area (Å²) in [6.07, 6.45) is -0.451. The molecule has 1 aromatic rings. The van der Waals surface area contributed by atoms with E-state index < -0.39 is 43.1 Å². The molecule has 13 heteroatoms. The minimum absolute atomic E-state index is 0.0678. The molecule has 0 saturated carbocycles. The molecule has 1 fully saturated rings. The van der Waals surface area contributed by atoms with Crippen molar-refractivity contribution in [3.05, 3.63) is 22.8 Å². The quantitative estimate of drug-likeness (QED) is 0.587. The summed E-state index contributed by atoms with van der Waals surface area (Å²) < 4.78 is 81.6. The van der Waals surface area contributed by atoms with Gasteiger partial charge in [-0.1, -0.05) is 3.89 Å². The SMILES string of the molecule is Cc1c(CN2CCN(C(=O)OC(C)(C)C)CC2)cc(OS(=O)(=O)F)c(C)c1S(=O)(=O)F. The number of piperazine rings is 1. The molecule has 176 valence electrons. The Balaban J connectivity index is 2.26. The lowest BCUT2D eigenvalue weighted by atomic mass is 10.0. The van der Waals surface area contributed by atoms with Crippen molar-refractivity contribution in [2.24, 2.45) is 0 Å². The fraction of sp³-hybridized carbons (Fsp3) is 0.611. The molecule has 1 aliphatic heterocycles. The van der Waals surface area contributed by atoms with Crippen LogP contribution in [0.1, 0.15) is 37.5 Å². The van der Waals surface area contributed by atoms with Crippen molar-refractivity contribution in [1.82, 2.24) is 9.80 Å². The van der Waals surface area contributed by atoms with E-state index in [1.807, 2.05) is 4.90 Å². The Morgan fingerprint density at radius 2 is 1.58 bits per heavy atom. The molecule has 1 aromatic carbocycles. The van der Waals surface area contributed by atoms with Crippen LogP contribution in [0.2, 0.25) is 0 Å². The summed E-state index contributed by atoms with van der Waals surface area (Å²) in [4.78, 5) is 14.8. The van der Waals surface area contributed by atoms with E-state index in [9.17, 15) is 29.4 Å². The lowest BCUT2D eigenvalue weighted by molar-refractivity contribution is 0.0138. The number of rotatable bonds is 5. The molecule has 1 amide bonds. The Morgan fingerprint density at radius 3 is 2.03 bits per heavy atom. The van der Waals surface area contributed by atoms with Crippen molar-refractivity contribution >= 4 is 26.8 Å². The molecule has 1 saturated heterocycles. The van der Waals surface area contributed by atoms with Crippen LogP contribution in [0.5, 0.6) is 5.75 Å². The molecule has 31 heavy (non-hydrogen) atoms. The molecule has 0 unspecified atom stereocenters. The largest absolute Gasteiger partial charge is 0.488 e. The molecule has 0 radical (unpaired) electrons. The minimum Gasteiger partial charge on any atom is -0.444 e. The zero-order valence-corrected chi connectivity index (χ0v) is 19.6. The Hall–Kier alpha value is -1.99. The monoisotopic (exact) mass is 484 g/mol. The van der Waals surface area contributed by atoms with E-state index >= 15 is 0 Å². The number of amides is 1. The van der Waals surface area contributed by atoms with Crippen LogP contribution in [0.4, 0.5) is 12.6 Å². The second-order valence-electron chi connectivity index (χ2n) is 8.27. The maximum absolute atomic E-state index is 13.9. The first kappa shape index (κ1) is 25.3. The van der Waals surface area contributed by atoms with Crippen LogP contribution in [0, 0.1) is 13.8 Å². The van der Waals surface area contributed by atoms with Gasteiger partial charge in [-0.15, -0.1) is 3.89 Å². The van der Waals surface area contributed by atoms with E-state index in [1.165, 1.54) is 17.9 Å². The molecule has 0 aliphatic carbocycles. The zero-order chi connectivity index (χ0) is 23.8. The van der Waals surface area contributed by atoms with Crippen LogP contribution in [-0.4, -0.2) is 64.5 Å². The van der Waals surface area contributed by atoms with Crippen molar-refractivity contribution in [2.75, 3.05) is 26.2 Å². The number of carbonyl (C=O) groups excluding carboxylic acids is 1. The summed E-state index contributed by atoms with van der Waals surface area (Å²) in [6, 6.07) is 1.18. The van der Waals surface area contributed by atoms with Gasteiger partial charge in [0.2, 0.25) is 0 Å². The maximum Gasteiger partial charge on any atom is 0.488 e. The highest BCUT2D eigenvalue weighted by Gasteiger charge is 2.29. The lowest BCUT2D eigenvalue weighted by Crippen LogP contribution is -2.49. The number of carbonyl (C=O) groups is 1. The third-order valence-electron chi connectivity index (χ3n) is 4.69. The van der Waals surface area contributed by atoms with Crippen molar-refractivity contribution in [3.8, 4) is 5.75 Å². The molecule has 0 bridgehead atoms.